The maximum atomic E-state index is 15.4. The molecule has 1 saturated carbocycles. The Hall–Kier alpha value is -3.63. The minimum absolute atomic E-state index is 0.248. The molecule has 1 fully saturated rings. The fraction of sp³-hybridized carbons (Fsp3) is 0.519. The van der Waals surface area contributed by atoms with Gasteiger partial charge in [-0.2, -0.15) is 31.4 Å². The third-order valence-electron chi connectivity index (χ3n) is 7.07. The van der Waals surface area contributed by atoms with Crippen molar-refractivity contribution < 1.29 is 53.5 Å². The van der Waals surface area contributed by atoms with E-state index in [0.717, 1.165) is 6.07 Å². The van der Waals surface area contributed by atoms with E-state index in [1.54, 1.807) is 30.8 Å². The molecule has 1 aliphatic carbocycles. The smallest absolute Gasteiger partial charge is 0.416 e. The number of carbonyl (C=O) groups excluding carboxylic acids is 2. The Labute approximate surface area is 247 Å². The highest BCUT2D eigenvalue weighted by atomic mass is 32.2. The van der Waals surface area contributed by atoms with Gasteiger partial charge in [-0.3, -0.25) is 14.3 Å². The van der Waals surface area contributed by atoms with Crippen molar-refractivity contribution in [2.24, 2.45) is 0 Å². The maximum Gasteiger partial charge on any atom is 0.416 e. The van der Waals surface area contributed by atoms with Gasteiger partial charge in [-0.05, 0) is 58.2 Å². The number of aromatic nitrogens is 2. The summed E-state index contributed by atoms with van der Waals surface area (Å²) in [4.78, 5) is 26.5. The summed E-state index contributed by atoms with van der Waals surface area (Å²) >= 11 is 0. The zero-order valence-corrected chi connectivity index (χ0v) is 24.5. The quantitative estimate of drug-likeness (QED) is 0.227. The number of sulfonamides is 1. The van der Waals surface area contributed by atoms with Crippen LogP contribution in [0.5, 0.6) is 5.75 Å². The Morgan fingerprint density at radius 1 is 1.14 bits per heavy atom. The fourth-order valence-electron chi connectivity index (χ4n) is 4.63. The topological polar surface area (TPSA) is 119 Å². The standard InChI is InChI=1S/C27H29F7N4O5S/c1-24(2,3)38-11-9-20(36-38)17-14-25(27(32,33)34,35-22(39)21(17)23(40)37-44(41,42)16-6-7-16)18-8-5-15(13-19(18)28)43-12-4-10-26(29,30)31/h5,8-9,11,13,16H,4,6-7,10,12,14H2,1-3H3,(H,35,39)(H,37,40)/t25-/m0/s1. The van der Waals surface area contributed by atoms with Gasteiger partial charge in [-0.1, -0.05) is 0 Å². The number of ether oxygens (including phenoxy) is 1. The molecule has 242 valence electrons. The molecule has 0 saturated heterocycles. The predicted molar refractivity (Wildman–Crippen MR) is 142 cm³/mol. The molecule has 17 heteroatoms. The Balaban J connectivity index is 1.78. The summed E-state index contributed by atoms with van der Waals surface area (Å²) in [5.74, 6) is -4.93. The third kappa shape index (κ3) is 7.02. The molecule has 0 bridgehead atoms. The van der Waals surface area contributed by atoms with Crippen LogP contribution in [0.25, 0.3) is 5.57 Å². The molecule has 9 nitrogen and oxygen atoms in total. The molecule has 1 aromatic heterocycles. The molecule has 0 spiro atoms. The van der Waals surface area contributed by atoms with Crippen LogP contribution < -0.4 is 14.8 Å². The van der Waals surface area contributed by atoms with Gasteiger partial charge in [-0.25, -0.2) is 17.5 Å². The summed E-state index contributed by atoms with van der Waals surface area (Å²) in [5.41, 5.74) is -6.97. The molecular weight excluding hydrogens is 625 g/mol. The lowest BCUT2D eigenvalue weighted by molar-refractivity contribution is -0.202. The molecule has 1 aromatic carbocycles. The summed E-state index contributed by atoms with van der Waals surface area (Å²) in [5, 5.41) is 5.05. The van der Waals surface area contributed by atoms with E-state index in [1.165, 1.54) is 16.9 Å². The summed E-state index contributed by atoms with van der Waals surface area (Å²) in [7, 11) is -4.22. The highest BCUT2D eigenvalue weighted by Gasteiger charge is 2.61. The highest BCUT2D eigenvalue weighted by molar-refractivity contribution is 7.91. The zero-order valence-electron chi connectivity index (χ0n) is 23.7. The normalized spacial score (nSPS) is 20.0. The van der Waals surface area contributed by atoms with Crippen LogP contribution in [-0.4, -0.2) is 54.2 Å². The van der Waals surface area contributed by atoms with E-state index in [1.807, 2.05) is 0 Å². The van der Waals surface area contributed by atoms with Crippen LogP contribution in [0.4, 0.5) is 30.7 Å². The van der Waals surface area contributed by atoms with Crippen molar-refractivity contribution in [3.8, 4) is 5.75 Å². The van der Waals surface area contributed by atoms with Gasteiger partial charge in [0, 0.05) is 36.2 Å². The Bertz CT molecular complexity index is 1590. The van der Waals surface area contributed by atoms with Gasteiger partial charge in [0.05, 0.1) is 23.1 Å². The molecule has 1 aliphatic heterocycles. The SMILES string of the molecule is CC(C)(C)n1ccc(C2=C(C(=O)NS(=O)(=O)C3CC3)C(=O)N[C@@](c3ccc(OCCCC(F)(F)F)cc3F)(C(F)(F)F)C2)n1. The Kier molecular flexibility index (Phi) is 8.60. The van der Waals surface area contributed by atoms with Crippen molar-refractivity contribution >= 4 is 27.4 Å². The minimum Gasteiger partial charge on any atom is -0.493 e. The Morgan fingerprint density at radius 2 is 1.80 bits per heavy atom. The van der Waals surface area contributed by atoms with E-state index in [-0.39, 0.29) is 24.3 Å². The second-order valence-corrected chi connectivity index (χ2v) is 13.5. The van der Waals surface area contributed by atoms with Gasteiger partial charge < -0.3 is 10.1 Å². The van der Waals surface area contributed by atoms with Crippen molar-refractivity contribution in [1.82, 2.24) is 19.8 Å². The minimum atomic E-state index is -5.38. The van der Waals surface area contributed by atoms with Crippen LogP contribution in [0.15, 0.2) is 36.0 Å². The lowest BCUT2D eigenvalue weighted by atomic mass is 9.77. The van der Waals surface area contributed by atoms with E-state index >= 15 is 4.39 Å². The Morgan fingerprint density at radius 3 is 2.32 bits per heavy atom. The molecule has 2 aliphatic rings. The second kappa shape index (κ2) is 11.4. The van der Waals surface area contributed by atoms with Crippen LogP contribution in [0, 0.1) is 5.82 Å². The van der Waals surface area contributed by atoms with E-state index < -0.39 is 98.9 Å². The lowest BCUT2D eigenvalue weighted by Gasteiger charge is -2.41. The average molecular weight is 655 g/mol. The van der Waals surface area contributed by atoms with Crippen LogP contribution in [0.1, 0.15) is 64.1 Å². The number of hydrogen-bond acceptors (Lipinski definition) is 6. The molecule has 0 radical (unpaired) electrons. The summed E-state index contributed by atoms with van der Waals surface area (Å²) in [6.07, 6.45) is -10.8. The number of hydrogen-bond donors (Lipinski definition) is 2. The second-order valence-electron chi connectivity index (χ2n) is 11.6. The van der Waals surface area contributed by atoms with Crippen LogP contribution in [0.2, 0.25) is 0 Å². The monoisotopic (exact) mass is 654 g/mol. The molecule has 2 amide bonds. The maximum absolute atomic E-state index is 15.4. The van der Waals surface area contributed by atoms with Crippen molar-refractivity contribution in [3.63, 3.8) is 0 Å². The first kappa shape index (κ1) is 33.3. The van der Waals surface area contributed by atoms with E-state index in [0.29, 0.717) is 12.1 Å². The van der Waals surface area contributed by atoms with Crippen molar-refractivity contribution in [2.45, 2.75) is 81.6 Å². The van der Waals surface area contributed by atoms with E-state index in [9.17, 15) is 44.3 Å². The van der Waals surface area contributed by atoms with Gasteiger partial charge in [0.1, 0.15) is 17.1 Å². The number of carbonyl (C=O) groups is 2. The van der Waals surface area contributed by atoms with Crippen molar-refractivity contribution in [2.75, 3.05) is 6.61 Å². The average Bonchev–Trinajstić information content (AvgIpc) is 3.61. The van der Waals surface area contributed by atoms with Gasteiger partial charge in [0.2, 0.25) is 10.0 Å². The molecule has 2 N–H and O–H groups in total. The number of nitrogens with one attached hydrogen (secondary N) is 2. The molecule has 1 atom stereocenters. The van der Waals surface area contributed by atoms with E-state index in [4.69, 9.17) is 4.74 Å². The lowest BCUT2D eigenvalue weighted by Crippen LogP contribution is -2.60. The van der Waals surface area contributed by atoms with Gasteiger partial charge in [0.15, 0.2) is 5.54 Å². The van der Waals surface area contributed by atoms with Crippen molar-refractivity contribution in [3.05, 3.63) is 53.1 Å². The molecule has 44 heavy (non-hydrogen) atoms. The molecular formula is C27H29F7N4O5S. The molecule has 2 aromatic rings. The highest BCUT2D eigenvalue weighted by Crippen LogP contribution is 2.49. The zero-order chi connectivity index (χ0) is 32.9. The first-order valence-corrected chi connectivity index (χ1v) is 14.9. The van der Waals surface area contributed by atoms with Gasteiger partial charge >= 0.3 is 12.4 Å². The van der Waals surface area contributed by atoms with Crippen LogP contribution in [0.3, 0.4) is 0 Å². The summed E-state index contributed by atoms with van der Waals surface area (Å²) < 4.78 is 130. The number of halogens is 7. The van der Waals surface area contributed by atoms with Crippen molar-refractivity contribution in [1.29, 1.82) is 0 Å². The molecule has 2 heterocycles. The fourth-order valence-corrected chi connectivity index (χ4v) is 5.91. The number of amides is 2. The van der Waals surface area contributed by atoms with Gasteiger partial charge in [-0.15, -0.1) is 0 Å². The third-order valence-corrected chi connectivity index (χ3v) is 8.89. The molecule has 4 rings (SSSR count). The first-order valence-electron chi connectivity index (χ1n) is 13.4. The number of alkyl halides is 6. The predicted octanol–water partition coefficient (Wildman–Crippen LogP) is 4.84. The molecule has 0 unspecified atom stereocenters. The first-order chi connectivity index (χ1) is 20.1. The summed E-state index contributed by atoms with van der Waals surface area (Å²) in [6.45, 7) is 4.68. The number of nitrogens with zero attached hydrogens (tertiary/aromatic N) is 2. The van der Waals surface area contributed by atoms with Crippen LogP contribution >= 0.6 is 0 Å². The largest absolute Gasteiger partial charge is 0.493 e. The number of benzene rings is 1. The summed E-state index contributed by atoms with van der Waals surface area (Å²) in [6, 6.07) is 3.38. The van der Waals surface area contributed by atoms with Crippen LogP contribution in [-0.2, 0) is 30.7 Å². The number of rotatable bonds is 9. The van der Waals surface area contributed by atoms with E-state index in [2.05, 4.69) is 5.10 Å². The van der Waals surface area contributed by atoms with Gasteiger partial charge in [0.25, 0.3) is 11.8 Å².